The van der Waals surface area contributed by atoms with Gasteiger partial charge in [0.2, 0.25) is 5.91 Å². The fourth-order valence-corrected chi connectivity index (χ4v) is 3.84. The molecule has 20 heavy (non-hydrogen) atoms. The van der Waals surface area contributed by atoms with E-state index in [0.717, 1.165) is 30.3 Å². The van der Waals surface area contributed by atoms with E-state index in [9.17, 15) is 9.59 Å². The normalized spacial score (nSPS) is 26.4. The zero-order chi connectivity index (χ0) is 14.8. The molecule has 1 unspecified atom stereocenters. The number of rotatable bonds is 3. The van der Waals surface area contributed by atoms with Crippen molar-refractivity contribution in [1.82, 2.24) is 10.2 Å². The summed E-state index contributed by atoms with van der Waals surface area (Å²) in [6.45, 7) is 5.25. The van der Waals surface area contributed by atoms with E-state index >= 15 is 0 Å². The molecule has 6 heteroatoms. The Kier molecular flexibility index (Phi) is 4.73. The molecule has 2 aliphatic rings. The standard InChI is InChI=1S/C14H23N3O2S/c1-4-14(5-2)8-15-13(20-9-14)16-10-6-7-11(18)17(3)12(10)19/h10H,4-9H2,1-3H3,(H,15,16). The second-order valence-corrected chi connectivity index (χ2v) is 6.61. The number of piperidine rings is 1. The van der Waals surface area contributed by atoms with E-state index in [1.54, 1.807) is 18.8 Å². The van der Waals surface area contributed by atoms with Gasteiger partial charge in [-0.1, -0.05) is 25.6 Å². The Morgan fingerprint density at radius 3 is 2.65 bits per heavy atom. The molecule has 112 valence electrons. The monoisotopic (exact) mass is 297 g/mol. The van der Waals surface area contributed by atoms with E-state index in [4.69, 9.17) is 0 Å². The van der Waals surface area contributed by atoms with E-state index in [1.165, 1.54) is 4.90 Å². The quantitative estimate of drug-likeness (QED) is 0.804. The molecule has 0 aromatic heterocycles. The minimum absolute atomic E-state index is 0.0951. The lowest BCUT2D eigenvalue weighted by molar-refractivity contribution is -0.147. The fraction of sp³-hybridized carbons (Fsp3) is 0.786. The van der Waals surface area contributed by atoms with Crippen LogP contribution in [0.1, 0.15) is 39.5 Å². The highest BCUT2D eigenvalue weighted by molar-refractivity contribution is 8.13. The van der Waals surface area contributed by atoms with Crippen LogP contribution < -0.4 is 5.32 Å². The zero-order valence-corrected chi connectivity index (χ0v) is 13.3. The summed E-state index contributed by atoms with van der Waals surface area (Å²) in [5, 5.41) is 4.06. The van der Waals surface area contributed by atoms with Crippen LogP contribution in [0.3, 0.4) is 0 Å². The summed E-state index contributed by atoms with van der Waals surface area (Å²) in [6, 6.07) is -0.306. The van der Waals surface area contributed by atoms with Gasteiger partial charge in [-0.2, -0.15) is 0 Å². The highest BCUT2D eigenvalue weighted by Crippen LogP contribution is 2.35. The number of amides is 2. The third-order valence-electron chi connectivity index (χ3n) is 4.52. The molecule has 2 amide bonds. The van der Waals surface area contributed by atoms with Crippen molar-refractivity contribution in [2.24, 2.45) is 10.4 Å². The lowest BCUT2D eigenvalue weighted by atomic mass is 9.84. The van der Waals surface area contributed by atoms with E-state index in [0.29, 0.717) is 18.3 Å². The van der Waals surface area contributed by atoms with Gasteiger partial charge in [0.05, 0.1) is 0 Å². The van der Waals surface area contributed by atoms with Crippen molar-refractivity contribution >= 4 is 28.7 Å². The van der Waals surface area contributed by atoms with E-state index < -0.39 is 0 Å². The first kappa shape index (κ1) is 15.4. The van der Waals surface area contributed by atoms with Crippen LogP contribution in [-0.2, 0) is 9.59 Å². The van der Waals surface area contributed by atoms with Crippen molar-refractivity contribution < 1.29 is 9.59 Å². The molecule has 5 nitrogen and oxygen atoms in total. The summed E-state index contributed by atoms with van der Waals surface area (Å²) >= 11 is 1.70. The number of thioether (sulfide) groups is 1. The van der Waals surface area contributed by atoms with Gasteiger partial charge in [0, 0.05) is 25.8 Å². The summed E-state index contributed by atoms with van der Waals surface area (Å²) in [7, 11) is 1.55. The van der Waals surface area contributed by atoms with Crippen LogP contribution in [0.4, 0.5) is 0 Å². The number of likely N-dealkylation sites (N-methyl/N-ethyl adjacent to an activating group) is 1. The lowest BCUT2D eigenvalue weighted by Gasteiger charge is -2.35. The molecule has 2 aliphatic heterocycles. The minimum atomic E-state index is -0.306. The van der Waals surface area contributed by atoms with Gasteiger partial charge in [-0.25, -0.2) is 0 Å². The van der Waals surface area contributed by atoms with Gasteiger partial charge >= 0.3 is 0 Å². The molecule has 0 saturated carbocycles. The molecule has 0 aromatic carbocycles. The fourth-order valence-electron chi connectivity index (χ4n) is 2.52. The highest BCUT2D eigenvalue weighted by Gasteiger charge is 2.35. The summed E-state index contributed by atoms with van der Waals surface area (Å²) < 4.78 is 0. The van der Waals surface area contributed by atoms with Crippen molar-refractivity contribution in [3.63, 3.8) is 0 Å². The van der Waals surface area contributed by atoms with Crippen molar-refractivity contribution in [2.45, 2.75) is 45.6 Å². The van der Waals surface area contributed by atoms with Crippen LogP contribution in [0.15, 0.2) is 4.99 Å². The molecule has 0 bridgehead atoms. The molecule has 1 atom stereocenters. The topological polar surface area (TPSA) is 61.8 Å². The van der Waals surface area contributed by atoms with Crippen molar-refractivity contribution in [3.05, 3.63) is 0 Å². The Morgan fingerprint density at radius 1 is 1.40 bits per heavy atom. The van der Waals surface area contributed by atoms with E-state index in [1.807, 2.05) is 0 Å². The number of carbonyl (C=O) groups is 2. The summed E-state index contributed by atoms with van der Waals surface area (Å²) in [6.07, 6.45) is 3.25. The Labute approximate surface area is 124 Å². The molecule has 0 aromatic rings. The average molecular weight is 297 g/mol. The predicted molar refractivity (Wildman–Crippen MR) is 81.7 cm³/mol. The second-order valence-electron chi connectivity index (χ2n) is 5.64. The van der Waals surface area contributed by atoms with Gasteiger partial charge in [0.1, 0.15) is 6.04 Å². The van der Waals surface area contributed by atoms with Crippen LogP contribution in [0.5, 0.6) is 0 Å². The summed E-state index contributed by atoms with van der Waals surface area (Å²) in [5.74, 6) is 0.802. The first-order chi connectivity index (χ1) is 9.51. The van der Waals surface area contributed by atoms with Crippen LogP contribution >= 0.6 is 11.8 Å². The molecule has 1 saturated heterocycles. The van der Waals surface area contributed by atoms with Crippen LogP contribution in [-0.4, -0.2) is 47.3 Å². The number of hydrogen-bond acceptors (Lipinski definition) is 5. The van der Waals surface area contributed by atoms with Crippen LogP contribution in [0.2, 0.25) is 0 Å². The number of nitrogens with zero attached hydrogens (tertiary/aromatic N) is 2. The molecular formula is C14H23N3O2S. The highest BCUT2D eigenvalue weighted by atomic mass is 32.2. The van der Waals surface area contributed by atoms with E-state index in [2.05, 4.69) is 24.2 Å². The largest absolute Gasteiger partial charge is 0.353 e. The van der Waals surface area contributed by atoms with Crippen molar-refractivity contribution in [1.29, 1.82) is 0 Å². The SMILES string of the molecule is CCC1(CC)CN=C(NC2CCC(=O)N(C)C2=O)SC1. The first-order valence-electron chi connectivity index (χ1n) is 7.25. The van der Waals surface area contributed by atoms with Gasteiger partial charge in [-0.05, 0) is 24.7 Å². The smallest absolute Gasteiger partial charge is 0.251 e. The maximum atomic E-state index is 12.0. The summed E-state index contributed by atoms with van der Waals surface area (Å²) in [4.78, 5) is 29.3. The average Bonchev–Trinajstić information content (AvgIpc) is 2.49. The van der Waals surface area contributed by atoms with Gasteiger partial charge in [0.25, 0.3) is 5.91 Å². The number of nitrogens with one attached hydrogen (secondary N) is 1. The maximum Gasteiger partial charge on any atom is 0.251 e. The predicted octanol–water partition coefficient (Wildman–Crippen LogP) is 1.63. The van der Waals surface area contributed by atoms with Gasteiger partial charge in [-0.3, -0.25) is 19.5 Å². The number of amidine groups is 1. The van der Waals surface area contributed by atoms with Gasteiger partial charge in [0.15, 0.2) is 5.17 Å². The lowest BCUT2D eigenvalue weighted by Crippen LogP contribution is -2.53. The Hall–Kier alpha value is -1.04. The van der Waals surface area contributed by atoms with Gasteiger partial charge < -0.3 is 5.32 Å². The number of aliphatic imine (C=N–C) groups is 1. The minimum Gasteiger partial charge on any atom is -0.353 e. The molecule has 0 radical (unpaired) electrons. The molecule has 0 aliphatic carbocycles. The second kappa shape index (κ2) is 6.16. The number of likely N-dealkylation sites (tertiary alicyclic amines) is 1. The number of imide groups is 1. The molecular weight excluding hydrogens is 274 g/mol. The molecule has 0 spiro atoms. The molecule has 2 heterocycles. The molecule has 2 rings (SSSR count). The Bertz CT molecular complexity index is 432. The number of carbonyl (C=O) groups excluding carboxylic acids is 2. The Morgan fingerprint density at radius 2 is 2.10 bits per heavy atom. The van der Waals surface area contributed by atoms with Gasteiger partial charge in [-0.15, -0.1) is 0 Å². The molecule has 1 fully saturated rings. The zero-order valence-electron chi connectivity index (χ0n) is 12.4. The van der Waals surface area contributed by atoms with Crippen LogP contribution in [0, 0.1) is 5.41 Å². The maximum absolute atomic E-state index is 12.0. The third-order valence-corrected chi connectivity index (χ3v) is 5.80. The van der Waals surface area contributed by atoms with Crippen molar-refractivity contribution in [2.75, 3.05) is 19.3 Å². The Balaban J connectivity index is 1.97. The van der Waals surface area contributed by atoms with Crippen LogP contribution in [0.25, 0.3) is 0 Å². The third kappa shape index (κ3) is 3.00. The molecule has 1 N–H and O–H groups in total. The van der Waals surface area contributed by atoms with Crippen molar-refractivity contribution in [3.8, 4) is 0 Å². The van der Waals surface area contributed by atoms with E-state index in [-0.39, 0.29) is 17.9 Å². The summed E-state index contributed by atoms with van der Waals surface area (Å²) in [5.41, 5.74) is 0.305. The number of hydrogen-bond donors (Lipinski definition) is 1. The first-order valence-corrected chi connectivity index (χ1v) is 8.24.